The lowest BCUT2D eigenvalue weighted by molar-refractivity contribution is 0.879. The SMILES string of the molecule is CCc1nnc(Nc2cncc(C)c2)c(C(N)=S)c1CC. The number of thiocarbonyl (C=S) groups is 1. The second-order valence-corrected chi connectivity index (χ2v) is 5.24. The molecule has 21 heavy (non-hydrogen) atoms. The Morgan fingerprint density at radius 1 is 1.24 bits per heavy atom. The summed E-state index contributed by atoms with van der Waals surface area (Å²) in [5, 5.41) is 11.7. The highest BCUT2D eigenvalue weighted by Gasteiger charge is 2.16. The zero-order chi connectivity index (χ0) is 15.4. The van der Waals surface area contributed by atoms with E-state index in [1.165, 1.54) is 0 Å². The number of anilines is 2. The van der Waals surface area contributed by atoms with Crippen molar-refractivity contribution in [1.29, 1.82) is 0 Å². The first-order valence-electron chi connectivity index (χ1n) is 6.93. The highest BCUT2D eigenvalue weighted by Crippen LogP contribution is 2.24. The van der Waals surface area contributed by atoms with Gasteiger partial charge in [0.05, 0.1) is 23.1 Å². The molecule has 0 aliphatic heterocycles. The molecule has 0 amide bonds. The Morgan fingerprint density at radius 3 is 2.57 bits per heavy atom. The Balaban J connectivity index is 2.50. The molecular weight excluding hydrogens is 282 g/mol. The molecule has 0 saturated heterocycles. The van der Waals surface area contributed by atoms with Crippen molar-refractivity contribution in [2.45, 2.75) is 33.6 Å². The lowest BCUT2D eigenvalue weighted by atomic mass is 10.0. The van der Waals surface area contributed by atoms with E-state index < -0.39 is 0 Å². The summed E-state index contributed by atoms with van der Waals surface area (Å²) >= 11 is 5.21. The number of aromatic nitrogens is 3. The van der Waals surface area contributed by atoms with E-state index in [0.29, 0.717) is 10.8 Å². The minimum absolute atomic E-state index is 0.333. The van der Waals surface area contributed by atoms with Crippen LogP contribution in [0.1, 0.15) is 36.2 Å². The van der Waals surface area contributed by atoms with Crippen LogP contribution in [0.4, 0.5) is 11.5 Å². The molecule has 110 valence electrons. The first kappa shape index (κ1) is 15.3. The van der Waals surface area contributed by atoms with Crippen LogP contribution >= 0.6 is 12.2 Å². The van der Waals surface area contributed by atoms with Crippen molar-refractivity contribution in [3.8, 4) is 0 Å². The standard InChI is InChI=1S/C15H19N5S/c1-4-11-12(5-2)19-20-15(13(11)14(16)21)18-10-6-9(3)7-17-8-10/h6-8H,4-5H2,1-3H3,(H2,16,21)(H,18,20). The third-order valence-corrected chi connectivity index (χ3v) is 3.43. The van der Waals surface area contributed by atoms with Gasteiger partial charge in [0.2, 0.25) is 0 Å². The Bertz CT molecular complexity index is 669. The van der Waals surface area contributed by atoms with Gasteiger partial charge in [-0.15, -0.1) is 5.10 Å². The number of pyridine rings is 1. The lowest BCUT2D eigenvalue weighted by Gasteiger charge is -2.15. The molecule has 0 radical (unpaired) electrons. The number of nitrogens with one attached hydrogen (secondary N) is 1. The number of nitrogens with zero attached hydrogens (tertiary/aromatic N) is 3. The molecule has 3 N–H and O–H groups in total. The summed E-state index contributed by atoms with van der Waals surface area (Å²) in [7, 11) is 0. The Hall–Kier alpha value is -2.08. The van der Waals surface area contributed by atoms with Gasteiger partial charge < -0.3 is 11.1 Å². The molecule has 5 nitrogen and oxygen atoms in total. The monoisotopic (exact) mass is 301 g/mol. The van der Waals surface area contributed by atoms with E-state index >= 15 is 0 Å². The lowest BCUT2D eigenvalue weighted by Crippen LogP contribution is -2.18. The van der Waals surface area contributed by atoms with Crippen molar-refractivity contribution in [2.24, 2.45) is 5.73 Å². The number of hydrogen-bond acceptors (Lipinski definition) is 5. The topological polar surface area (TPSA) is 76.7 Å². The zero-order valence-corrected chi connectivity index (χ0v) is 13.3. The minimum Gasteiger partial charge on any atom is -0.389 e. The van der Waals surface area contributed by atoms with Crippen LogP contribution in [-0.4, -0.2) is 20.2 Å². The second-order valence-electron chi connectivity index (χ2n) is 4.80. The molecule has 2 rings (SSSR count). The van der Waals surface area contributed by atoms with Gasteiger partial charge in [-0.2, -0.15) is 5.10 Å². The Kier molecular flexibility index (Phi) is 4.80. The van der Waals surface area contributed by atoms with Crippen LogP contribution in [-0.2, 0) is 12.8 Å². The quantitative estimate of drug-likeness (QED) is 0.827. The first-order chi connectivity index (χ1) is 10.1. The maximum atomic E-state index is 5.91. The fourth-order valence-electron chi connectivity index (χ4n) is 2.29. The van der Waals surface area contributed by atoms with Gasteiger partial charge in [-0.05, 0) is 37.0 Å². The largest absolute Gasteiger partial charge is 0.389 e. The van der Waals surface area contributed by atoms with Crippen molar-refractivity contribution >= 4 is 28.7 Å². The van der Waals surface area contributed by atoms with E-state index in [9.17, 15) is 0 Å². The van der Waals surface area contributed by atoms with Crippen LogP contribution < -0.4 is 11.1 Å². The summed E-state index contributed by atoms with van der Waals surface area (Å²) in [6.45, 7) is 6.09. The smallest absolute Gasteiger partial charge is 0.163 e. The molecule has 0 atom stereocenters. The molecule has 2 aromatic rings. The maximum absolute atomic E-state index is 5.91. The van der Waals surface area contributed by atoms with E-state index in [1.54, 1.807) is 12.4 Å². The average Bonchev–Trinajstić information content (AvgIpc) is 2.46. The predicted molar refractivity (Wildman–Crippen MR) is 88.9 cm³/mol. The number of hydrogen-bond donors (Lipinski definition) is 2. The molecule has 0 aromatic carbocycles. The molecule has 0 spiro atoms. The summed E-state index contributed by atoms with van der Waals surface area (Å²) in [4.78, 5) is 4.49. The number of aryl methyl sites for hydroxylation is 2. The number of rotatable bonds is 5. The van der Waals surface area contributed by atoms with E-state index in [-0.39, 0.29) is 0 Å². The molecule has 2 aromatic heterocycles. The molecule has 2 heterocycles. The van der Waals surface area contributed by atoms with Crippen LogP contribution in [0.25, 0.3) is 0 Å². The van der Waals surface area contributed by atoms with Gasteiger partial charge in [-0.1, -0.05) is 26.1 Å². The van der Waals surface area contributed by atoms with Gasteiger partial charge in [0, 0.05) is 6.20 Å². The summed E-state index contributed by atoms with van der Waals surface area (Å²) in [5.41, 5.74) is 10.6. The summed E-state index contributed by atoms with van der Waals surface area (Å²) in [5.74, 6) is 0.587. The van der Waals surface area contributed by atoms with Gasteiger partial charge in [0.25, 0.3) is 0 Å². The molecule has 0 fully saturated rings. The van der Waals surface area contributed by atoms with Gasteiger partial charge in [0.1, 0.15) is 4.99 Å². The predicted octanol–water partition coefficient (Wildman–Crippen LogP) is 2.68. The third-order valence-electron chi connectivity index (χ3n) is 3.23. The molecule has 0 bridgehead atoms. The highest BCUT2D eigenvalue weighted by atomic mass is 32.1. The van der Waals surface area contributed by atoms with E-state index in [0.717, 1.165) is 40.9 Å². The fraction of sp³-hybridized carbons (Fsp3) is 0.333. The van der Waals surface area contributed by atoms with Crippen molar-refractivity contribution in [3.05, 3.63) is 40.8 Å². The van der Waals surface area contributed by atoms with Crippen LogP contribution in [0.5, 0.6) is 0 Å². The molecular formula is C15H19N5S. The highest BCUT2D eigenvalue weighted by molar-refractivity contribution is 7.80. The van der Waals surface area contributed by atoms with Crippen molar-refractivity contribution < 1.29 is 0 Å². The van der Waals surface area contributed by atoms with Crippen LogP contribution in [0.3, 0.4) is 0 Å². The van der Waals surface area contributed by atoms with Crippen molar-refractivity contribution in [3.63, 3.8) is 0 Å². The van der Waals surface area contributed by atoms with E-state index in [1.807, 2.05) is 19.9 Å². The minimum atomic E-state index is 0.333. The van der Waals surface area contributed by atoms with Crippen LogP contribution in [0, 0.1) is 6.92 Å². The van der Waals surface area contributed by atoms with Gasteiger partial charge in [-0.25, -0.2) is 0 Å². The molecule has 0 saturated carbocycles. The maximum Gasteiger partial charge on any atom is 0.163 e. The third kappa shape index (κ3) is 3.33. The van der Waals surface area contributed by atoms with E-state index in [4.69, 9.17) is 18.0 Å². The molecule has 0 aliphatic rings. The van der Waals surface area contributed by atoms with Gasteiger partial charge in [-0.3, -0.25) is 4.98 Å². The van der Waals surface area contributed by atoms with E-state index in [2.05, 4.69) is 27.4 Å². The van der Waals surface area contributed by atoms with Gasteiger partial charge in [0.15, 0.2) is 5.82 Å². The normalized spacial score (nSPS) is 10.4. The second kappa shape index (κ2) is 6.58. The number of nitrogens with two attached hydrogens (primary N) is 1. The summed E-state index contributed by atoms with van der Waals surface area (Å²) in [6.07, 6.45) is 5.14. The zero-order valence-electron chi connectivity index (χ0n) is 12.5. The van der Waals surface area contributed by atoms with Crippen LogP contribution in [0.2, 0.25) is 0 Å². The fourth-order valence-corrected chi connectivity index (χ4v) is 2.51. The van der Waals surface area contributed by atoms with Crippen molar-refractivity contribution in [2.75, 3.05) is 5.32 Å². The summed E-state index contributed by atoms with van der Waals surface area (Å²) in [6, 6.07) is 1.98. The molecule has 0 aliphatic carbocycles. The Morgan fingerprint density at radius 2 is 2.00 bits per heavy atom. The van der Waals surface area contributed by atoms with Crippen molar-refractivity contribution in [1.82, 2.24) is 15.2 Å². The molecule has 0 unspecified atom stereocenters. The van der Waals surface area contributed by atoms with Gasteiger partial charge >= 0.3 is 0 Å². The Labute approximate surface area is 130 Å². The van der Waals surface area contributed by atoms with Crippen LogP contribution in [0.15, 0.2) is 18.5 Å². The average molecular weight is 301 g/mol. The molecule has 6 heteroatoms. The summed E-state index contributed by atoms with van der Waals surface area (Å²) < 4.78 is 0. The first-order valence-corrected chi connectivity index (χ1v) is 7.34.